The summed E-state index contributed by atoms with van der Waals surface area (Å²) in [6, 6.07) is 9.49. The van der Waals surface area contributed by atoms with Crippen molar-refractivity contribution in [3.63, 3.8) is 0 Å². The molecule has 0 aliphatic heterocycles. The van der Waals surface area contributed by atoms with E-state index in [1.807, 2.05) is 0 Å². The molecule has 2 rings (SSSR count). The minimum atomic E-state index is -3.77. The summed E-state index contributed by atoms with van der Waals surface area (Å²) in [7, 11) is -3.77. The molecule has 0 saturated heterocycles. The Labute approximate surface area is 186 Å². The van der Waals surface area contributed by atoms with Gasteiger partial charge in [0.2, 0.25) is 15.9 Å². The predicted octanol–water partition coefficient (Wildman–Crippen LogP) is 4.35. The zero-order valence-electron chi connectivity index (χ0n) is 16.7. The molecule has 10 heteroatoms. The second-order valence-electron chi connectivity index (χ2n) is 6.36. The van der Waals surface area contributed by atoms with E-state index in [1.165, 1.54) is 30.3 Å². The van der Waals surface area contributed by atoms with Crippen LogP contribution in [0.25, 0.3) is 0 Å². The molecule has 0 aromatic heterocycles. The second kappa shape index (κ2) is 10.1. The lowest BCUT2D eigenvalue weighted by molar-refractivity contribution is -0.117. The van der Waals surface area contributed by atoms with Gasteiger partial charge in [-0.1, -0.05) is 30.1 Å². The van der Waals surface area contributed by atoms with Crippen LogP contribution >= 0.6 is 23.2 Å². The number of halogens is 2. The Morgan fingerprint density at radius 1 is 1.10 bits per heavy atom. The Kier molecular flexibility index (Phi) is 8.11. The average Bonchev–Trinajstić information content (AvgIpc) is 2.66. The average molecular weight is 473 g/mol. The quantitative estimate of drug-likeness (QED) is 0.576. The highest BCUT2D eigenvalue weighted by Gasteiger charge is 2.31. The molecule has 0 aliphatic carbocycles. The van der Waals surface area contributed by atoms with Crippen molar-refractivity contribution in [3.8, 4) is 0 Å². The van der Waals surface area contributed by atoms with Gasteiger partial charge in [-0.2, -0.15) is 0 Å². The van der Waals surface area contributed by atoms with Crippen molar-refractivity contribution in [2.75, 3.05) is 22.5 Å². The highest BCUT2D eigenvalue weighted by molar-refractivity contribution is 7.92. The van der Waals surface area contributed by atoms with Crippen LogP contribution in [0.15, 0.2) is 42.5 Å². The van der Waals surface area contributed by atoms with E-state index in [0.29, 0.717) is 16.4 Å². The molecule has 0 unspecified atom stereocenters. The fourth-order valence-corrected chi connectivity index (χ4v) is 4.44. The van der Waals surface area contributed by atoms with Crippen LogP contribution in [0, 0.1) is 0 Å². The van der Waals surface area contributed by atoms with Crippen LogP contribution in [-0.4, -0.2) is 39.2 Å². The molecule has 0 bridgehead atoms. The van der Waals surface area contributed by atoms with Crippen LogP contribution in [0.4, 0.5) is 11.4 Å². The summed E-state index contributed by atoms with van der Waals surface area (Å²) in [5.74, 6) is -1.12. The topological polar surface area (TPSA) is 92.8 Å². The standard InChI is InChI=1S/C20H22Cl2N2O5S/c1-4-18(24(30(3,27)28)15-9-6-13(21)7-10-15)19(25)23-14-8-11-16(17(22)12-14)20(26)29-5-2/h6-12,18H,4-5H2,1-3H3,(H,23,25)/t18-/m1/s1. The zero-order valence-corrected chi connectivity index (χ0v) is 19.0. The number of benzene rings is 2. The van der Waals surface area contributed by atoms with E-state index in [4.69, 9.17) is 27.9 Å². The molecule has 1 N–H and O–H groups in total. The van der Waals surface area contributed by atoms with Crippen LogP contribution in [-0.2, 0) is 19.6 Å². The molecule has 0 fully saturated rings. The van der Waals surface area contributed by atoms with Crippen LogP contribution in [0.3, 0.4) is 0 Å². The van der Waals surface area contributed by atoms with E-state index < -0.39 is 27.9 Å². The molecule has 30 heavy (non-hydrogen) atoms. The molecule has 0 spiro atoms. The first-order valence-corrected chi connectivity index (χ1v) is 11.7. The minimum absolute atomic E-state index is 0.108. The van der Waals surface area contributed by atoms with Gasteiger partial charge in [0.15, 0.2) is 0 Å². The first kappa shape index (κ1) is 24.0. The molecule has 0 saturated carbocycles. The molecule has 162 valence electrons. The van der Waals surface area contributed by atoms with Crippen LogP contribution in [0.2, 0.25) is 10.0 Å². The third-order valence-corrected chi connectivity index (χ3v) is 5.89. The molecular formula is C20H22Cl2N2O5S. The maximum atomic E-state index is 12.9. The van der Waals surface area contributed by atoms with Gasteiger partial charge in [0.25, 0.3) is 0 Å². The largest absolute Gasteiger partial charge is 0.462 e. The van der Waals surface area contributed by atoms with E-state index in [0.717, 1.165) is 10.6 Å². The van der Waals surface area contributed by atoms with Crippen LogP contribution in [0.5, 0.6) is 0 Å². The number of nitrogens with zero attached hydrogens (tertiary/aromatic N) is 1. The van der Waals surface area contributed by atoms with E-state index in [1.54, 1.807) is 26.0 Å². The normalized spacial score (nSPS) is 12.2. The number of rotatable bonds is 8. The SMILES string of the molecule is CCOC(=O)c1ccc(NC(=O)[C@@H](CC)N(c2ccc(Cl)cc2)S(C)(=O)=O)cc1Cl. The summed E-state index contributed by atoms with van der Waals surface area (Å²) in [6.07, 6.45) is 1.25. The van der Waals surface area contributed by atoms with Gasteiger partial charge >= 0.3 is 5.97 Å². The van der Waals surface area contributed by atoms with Gasteiger partial charge in [0, 0.05) is 10.7 Å². The Bertz CT molecular complexity index is 1030. The van der Waals surface area contributed by atoms with E-state index in [2.05, 4.69) is 5.32 Å². The maximum Gasteiger partial charge on any atom is 0.339 e. The van der Waals surface area contributed by atoms with Crippen molar-refractivity contribution in [3.05, 3.63) is 58.1 Å². The molecule has 0 aliphatic rings. The first-order chi connectivity index (χ1) is 14.1. The molecule has 2 aromatic carbocycles. The van der Waals surface area contributed by atoms with Crippen molar-refractivity contribution in [2.24, 2.45) is 0 Å². The number of ether oxygens (including phenoxy) is 1. The highest BCUT2D eigenvalue weighted by Crippen LogP contribution is 2.26. The Balaban J connectivity index is 2.31. The zero-order chi connectivity index (χ0) is 22.5. The monoisotopic (exact) mass is 472 g/mol. The fourth-order valence-electron chi connectivity index (χ4n) is 2.84. The molecule has 2 aromatic rings. The number of esters is 1. The Morgan fingerprint density at radius 3 is 2.23 bits per heavy atom. The number of anilines is 2. The molecule has 0 radical (unpaired) electrons. The highest BCUT2D eigenvalue weighted by atomic mass is 35.5. The number of nitrogens with one attached hydrogen (secondary N) is 1. The number of hydrogen-bond donors (Lipinski definition) is 1. The fraction of sp³-hybridized carbons (Fsp3) is 0.300. The molecule has 0 heterocycles. The summed E-state index contributed by atoms with van der Waals surface area (Å²) in [5.41, 5.74) is 0.808. The van der Waals surface area contributed by atoms with Crippen molar-refractivity contribution in [2.45, 2.75) is 26.3 Å². The van der Waals surface area contributed by atoms with Crippen molar-refractivity contribution >= 4 is 56.5 Å². The van der Waals surface area contributed by atoms with Crippen molar-refractivity contribution < 1.29 is 22.7 Å². The smallest absolute Gasteiger partial charge is 0.339 e. The third kappa shape index (κ3) is 5.87. The molecular weight excluding hydrogens is 451 g/mol. The third-order valence-electron chi connectivity index (χ3n) is 4.14. The van der Waals surface area contributed by atoms with E-state index in [-0.39, 0.29) is 23.6 Å². The second-order valence-corrected chi connectivity index (χ2v) is 9.07. The van der Waals surface area contributed by atoms with Crippen LogP contribution in [0.1, 0.15) is 30.6 Å². The van der Waals surface area contributed by atoms with Gasteiger partial charge in [-0.25, -0.2) is 13.2 Å². The maximum absolute atomic E-state index is 12.9. The Morgan fingerprint density at radius 2 is 1.73 bits per heavy atom. The molecule has 1 amide bonds. The lowest BCUT2D eigenvalue weighted by Gasteiger charge is -2.30. The number of carbonyl (C=O) groups is 2. The summed E-state index contributed by atoms with van der Waals surface area (Å²) in [4.78, 5) is 24.8. The van der Waals surface area contributed by atoms with Crippen LogP contribution < -0.4 is 9.62 Å². The Hall–Kier alpha value is -2.29. The van der Waals surface area contributed by atoms with Crippen molar-refractivity contribution in [1.82, 2.24) is 0 Å². The summed E-state index contributed by atoms with van der Waals surface area (Å²) in [5, 5.41) is 3.21. The summed E-state index contributed by atoms with van der Waals surface area (Å²) in [6.45, 7) is 3.59. The van der Waals surface area contributed by atoms with Gasteiger partial charge in [0.05, 0.1) is 29.1 Å². The van der Waals surface area contributed by atoms with Gasteiger partial charge in [-0.15, -0.1) is 0 Å². The summed E-state index contributed by atoms with van der Waals surface area (Å²) >= 11 is 12.0. The van der Waals surface area contributed by atoms with Gasteiger partial charge < -0.3 is 10.1 Å². The number of amides is 1. The van der Waals surface area contributed by atoms with E-state index in [9.17, 15) is 18.0 Å². The van der Waals surface area contributed by atoms with Gasteiger partial charge in [0.1, 0.15) is 6.04 Å². The predicted molar refractivity (Wildman–Crippen MR) is 119 cm³/mol. The summed E-state index contributed by atoms with van der Waals surface area (Å²) < 4.78 is 30.9. The van der Waals surface area contributed by atoms with Gasteiger partial charge in [-0.05, 0) is 55.8 Å². The lowest BCUT2D eigenvalue weighted by atomic mass is 10.1. The number of carbonyl (C=O) groups excluding carboxylic acids is 2. The van der Waals surface area contributed by atoms with Crippen molar-refractivity contribution in [1.29, 1.82) is 0 Å². The first-order valence-electron chi connectivity index (χ1n) is 9.11. The van der Waals surface area contributed by atoms with E-state index >= 15 is 0 Å². The molecule has 7 nitrogen and oxygen atoms in total. The number of hydrogen-bond acceptors (Lipinski definition) is 5. The lowest BCUT2D eigenvalue weighted by Crippen LogP contribution is -2.47. The number of sulfonamides is 1. The minimum Gasteiger partial charge on any atom is -0.462 e. The molecule has 1 atom stereocenters. The van der Waals surface area contributed by atoms with Gasteiger partial charge in [-0.3, -0.25) is 9.10 Å².